The van der Waals surface area contributed by atoms with Gasteiger partial charge in [-0.3, -0.25) is 4.79 Å². The third-order valence-electron chi connectivity index (χ3n) is 3.07. The Balaban J connectivity index is 2.61. The number of benzene rings is 1. The van der Waals surface area contributed by atoms with Gasteiger partial charge in [-0.2, -0.15) is 0 Å². The molecule has 0 spiro atoms. The third kappa shape index (κ3) is 1.77. The molecule has 1 aromatic rings. The summed E-state index contributed by atoms with van der Waals surface area (Å²) in [5.74, 6) is -0.344. The Labute approximate surface area is 104 Å². The lowest BCUT2D eigenvalue weighted by Crippen LogP contribution is -2.53. The fourth-order valence-corrected chi connectivity index (χ4v) is 2.33. The number of hydrogen-bond acceptors (Lipinski definition) is 3. The molecular formula is C12H13ClO4. The summed E-state index contributed by atoms with van der Waals surface area (Å²) < 4.78 is 10.3. The molecule has 0 aliphatic carbocycles. The van der Waals surface area contributed by atoms with Crippen LogP contribution in [-0.2, 0) is 14.9 Å². The van der Waals surface area contributed by atoms with Crippen LogP contribution < -0.4 is 4.74 Å². The van der Waals surface area contributed by atoms with E-state index in [2.05, 4.69) is 0 Å². The van der Waals surface area contributed by atoms with E-state index in [-0.39, 0.29) is 13.2 Å². The molecule has 1 heterocycles. The molecule has 1 aliphatic heterocycles. The molecule has 1 aliphatic rings. The first-order valence-corrected chi connectivity index (χ1v) is 5.55. The van der Waals surface area contributed by atoms with E-state index >= 15 is 0 Å². The van der Waals surface area contributed by atoms with E-state index in [0.29, 0.717) is 16.3 Å². The van der Waals surface area contributed by atoms with Crippen LogP contribution in [0.15, 0.2) is 12.1 Å². The Morgan fingerprint density at radius 1 is 1.53 bits per heavy atom. The second-order valence-electron chi connectivity index (χ2n) is 4.18. The lowest BCUT2D eigenvalue weighted by molar-refractivity contribution is -0.163. The maximum absolute atomic E-state index is 11.4. The predicted molar refractivity (Wildman–Crippen MR) is 62.9 cm³/mol. The maximum atomic E-state index is 11.4. The molecule has 0 aromatic heterocycles. The molecule has 0 unspecified atom stereocenters. The Kier molecular flexibility index (Phi) is 3.02. The Morgan fingerprint density at radius 2 is 2.18 bits per heavy atom. The van der Waals surface area contributed by atoms with Crippen LogP contribution in [0.2, 0.25) is 5.02 Å². The highest BCUT2D eigenvalue weighted by atomic mass is 35.5. The number of hydrogen-bond donors (Lipinski definition) is 1. The van der Waals surface area contributed by atoms with E-state index < -0.39 is 11.4 Å². The van der Waals surface area contributed by atoms with Crippen molar-refractivity contribution >= 4 is 17.6 Å². The molecule has 1 N–H and O–H groups in total. The second-order valence-corrected chi connectivity index (χ2v) is 4.62. The maximum Gasteiger partial charge on any atom is 0.319 e. The molecule has 5 heteroatoms. The van der Waals surface area contributed by atoms with Gasteiger partial charge in [0.2, 0.25) is 0 Å². The summed E-state index contributed by atoms with van der Waals surface area (Å²) in [6, 6.07) is 3.39. The molecule has 4 nitrogen and oxygen atoms in total. The summed E-state index contributed by atoms with van der Waals surface area (Å²) in [6.07, 6.45) is 0. The van der Waals surface area contributed by atoms with Crippen LogP contribution in [0.4, 0.5) is 0 Å². The molecule has 2 rings (SSSR count). The van der Waals surface area contributed by atoms with E-state index in [9.17, 15) is 9.90 Å². The summed E-state index contributed by atoms with van der Waals surface area (Å²) >= 11 is 5.98. The number of aliphatic carboxylic acids is 1. The average molecular weight is 257 g/mol. The number of carboxylic acids is 1. The first-order valence-electron chi connectivity index (χ1n) is 5.17. The predicted octanol–water partition coefficient (Wildman–Crippen LogP) is 2.01. The van der Waals surface area contributed by atoms with Crippen molar-refractivity contribution in [2.45, 2.75) is 12.3 Å². The van der Waals surface area contributed by atoms with Gasteiger partial charge in [-0.1, -0.05) is 11.6 Å². The zero-order chi connectivity index (χ0) is 12.6. The lowest BCUT2D eigenvalue weighted by Gasteiger charge is -2.38. The Hall–Kier alpha value is -1.26. The number of methoxy groups -OCH3 is 1. The molecule has 0 amide bonds. The van der Waals surface area contributed by atoms with Crippen molar-refractivity contribution in [1.82, 2.24) is 0 Å². The molecule has 0 radical (unpaired) electrons. The van der Waals surface area contributed by atoms with Crippen molar-refractivity contribution in [2.75, 3.05) is 20.3 Å². The van der Waals surface area contributed by atoms with Crippen LogP contribution in [-0.4, -0.2) is 31.4 Å². The van der Waals surface area contributed by atoms with Crippen LogP contribution in [0.5, 0.6) is 5.75 Å². The summed E-state index contributed by atoms with van der Waals surface area (Å²) in [4.78, 5) is 11.4. The summed E-state index contributed by atoms with van der Waals surface area (Å²) in [6.45, 7) is 2.14. The molecular weight excluding hydrogens is 244 g/mol. The first-order chi connectivity index (χ1) is 8.01. The summed E-state index contributed by atoms with van der Waals surface area (Å²) in [5.41, 5.74) is 0.382. The lowest BCUT2D eigenvalue weighted by atomic mass is 9.77. The highest BCUT2D eigenvalue weighted by molar-refractivity contribution is 6.30. The van der Waals surface area contributed by atoms with Gasteiger partial charge in [0.05, 0.1) is 20.3 Å². The van der Waals surface area contributed by atoms with Gasteiger partial charge in [0.1, 0.15) is 11.2 Å². The minimum absolute atomic E-state index is 0.151. The topological polar surface area (TPSA) is 55.8 Å². The molecule has 1 aromatic carbocycles. The highest BCUT2D eigenvalue weighted by Crippen LogP contribution is 2.41. The Morgan fingerprint density at radius 3 is 2.59 bits per heavy atom. The summed E-state index contributed by atoms with van der Waals surface area (Å²) in [7, 11) is 1.52. The molecule has 1 fully saturated rings. The van der Waals surface area contributed by atoms with Gasteiger partial charge in [-0.15, -0.1) is 0 Å². The third-order valence-corrected chi connectivity index (χ3v) is 3.28. The van der Waals surface area contributed by atoms with Crippen LogP contribution in [0.3, 0.4) is 0 Å². The highest BCUT2D eigenvalue weighted by Gasteiger charge is 2.50. The van der Waals surface area contributed by atoms with E-state index in [1.807, 2.05) is 6.92 Å². The van der Waals surface area contributed by atoms with Crippen molar-refractivity contribution in [2.24, 2.45) is 0 Å². The van der Waals surface area contributed by atoms with E-state index in [4.69, 9.17) is 21.1 Å². The second kappa shape index (κ2) is 4.20. The number of halogens is 1. The minimum Gasteiger partial charge on any atom is -0.496 e. The van der Waals surface area contributed by atoms with Crippen LogP contribution >= 0.6 is 11.6 Å². The first kappa shape index (κ1) is 12.2. The Bertz CT molecular complexity index is 466. The fraction of sp³-hybridized carbons (Fsp3) is 0.417. The molecule has 17 heavy (non-hydrogen) atoms. The zero-order valence-electron chi connectivity index (χ0n) is 9.62. The number of carboxylic acid groups (broad SMARTS) is 1. The largest absolute Gasteiger partial charge is 0.496 e. The van der Waals surface area contributed by atoms with Crippen LogP contribution in [0.25, 0.3) is 0 Å². The van der Waals surface area contributed by atoms with Crippen molar-refractivity contribution in [3.8, 4) is 5.75 Å². The van der Waals surface area contributed by atoms with E-state index in [1.165, 1.54) is 7.11 Å². The monoisotopic (exact) mass is 256 g/mol. The fourth-order valence-electron chi connectivity index (χ4n) is 2.06. The molecule has 0 atom stereocenters. The minimum atomic E-state index is -1.03. The molecule has 0 saturated carbocycles. The SMILES string of the molecule is COc1c(C)cc(Cl)cc1C1(C(=O)O)COC1. The zero-order valence-corrected chi connectivity index (χ0v) is 10.4. The molecule has 0 bridgehead atoms. The van der Waals surface area contributed by atoms with E-state index in [1.54, 1.807) is 12.1 Å². The average Bonchev–Trinajstić information content (AvgIpc) is 2.14. The van der Waals surface area contributed by atoms with Crippen molar-refractivity contribution < 1.29 is 19.4 Å². The molecule has 1 saturated heterocycles. The van der Waals surface area contributed by atoms with Gasteiger partial charge in [0, 0.05) is 10.6 Å². The number of rotatable bonds is 3. The van der Waals surface area contributed by atoms with Crippen LogP contribution in [0.1, 0.15) is 11.1 Å². The van der Waals surface area contributed by atoms with Gasteiger partial charge >= 0.3 is 5.97 Å². The normalized spacial score (nSPS) is 17.4. The number of carbonyl (C=O) groups is 1. The standard InChI is InChI=1S/C12H13ClO4/c1-7-3-8(13)4-9(10(7)16-2)12(11(14)15)5-17-6-12/h3-4H,5-6H2,1-2H3,(H,14,15). The smallest absolute Gasteiger partial charge is 0.319 e. The summed E-state index contributed by atoms with van der Waals surface area (Å²) in [5, 5.41) is 9.87. The molecule has 92 valence electrons. The van der Waals surface area contributed by atoms with Crippen molar-refractivity contribution in [1.29, 1.82) is 0 Å². The number of ether oxygens (including phenoxy) is 2. The van der Waals surface area contributed by atoms with Gasteiger partial charge in [-0.05, 0) is 24.6 Å². The van der Waals surface area contributed by atoms with Gasteiger partial charge in [-0.25, -0.2) is 0 Å². The van der Waals surface area contributed by atoms with Gasteiger partial charge < -0.3 is 14.6 Å². The quantitative estimate of drug-likeness (QED) is 0.899. The van der Waals surface area contributed by atoms with Gasteiger partial charge in [0.15, 0.2) is 0 Å². The van der Waals surface area contributed by atoms with Gasteiger partial charge in [0.25, 0.3) is 0 Å². The van der Waals surface area contributed by atoms with Crippen molar-refractivity contribution in [3.63, 3.8) is 0 Å². The van der Waals surface area contributed by atoms with Crippen LogP contribution in [0, 0.1) is 6.92 Å². The number of aryl methyl sites for hydroxylation is 1. The van der Waals surface area contributed by atoms with E-state index in [0.717, 1.165) is 5.56 Å². The van der Waals surface area contributed by atoms with Crippen molar-refractivity contribution in [3.05, 3.63) is 28.3 Å².